The molecule has 0 amide bonds. The van der Waals surface area contributed by atoms with Gasteiger partial charge in [-0.15, -0.1) is 11.3 Å². The molecule has 1 fully saturated rings. The molecular formula is C16H19F3N4OS. The SMILES string of the molecule is CCC(=O)n1nc(C(F)(F)F)c(N2CCCC(c3nccs3)C2)c1C. The van der Waals surface area contributed by atoms with Gasteiger partial charge in [-0.3, -0.25) is 4.79 Å². The standard InChI is InChI=1S/C16H19F3N4OS/c1-3-12(24)23-10(2)13(14(21-23)16(17,18)19)22-7-4-5-11(9-22)15-20-6-8-25-15/h6,8,11H,3-5,7,9H2,1-2H3. The highest BCUT2D eigenvalue weighted by Gasteiger charge is 2.42. The van der Waals surface area contributed by atoms with Gasteiger partial charge in [-0.25, -0.2) is 9.67 Å². The third kappa shape index (κ3) is 3.42. The van der Waals surface area contributed by atoms with Crippen molar-refractivity contribution in [2.75, 3.05) is 18.0 Å². The number of hydrogen-bond acceptors (Lipinski definition) is 5. The van der Waals surface area contributed by atoms with E-state index in [-0.39, 0.29) is 23.7 Å². The summed E-state index contributed by atoms with van der Waals surface area (Å²) in [5, 5.41) is 6.41. The topological polar surface area (TPSA) is 51.0 Å². The van der Waals surface area contributed by atoms with Crippen LogP contribution in [0, 0.1) is 6.92 Å². The Morgan fingerprint density at radius 3 is 2.80 bits per heavy atom. The molecule has 25 heavy (non-hydrogen) atoms. The number of aromatic nitrogens is 3. The second-order valence-electron chi connectivity index (χ2n) is 6.09. The average Bonchev–Trinajstić information content (AvgIpc) is 3.21. The van der Waals surface area contributed by atoms with Gasteiger partial charge in [0.25, 0.3) is 0 Å². The van der Waals surface area contributed by atoms with Crippen LogP contribution < -0.4 is 4.90 Å². The summed E-state index contributed by atoms with van der Waals surface area (Å²) in [5.41, 5.74) is -0.707. The molecule has 3 rings (SSSR count). The van der Waals surface area contributed by atoms with Gasteiger partial charge in [0.2, 0.25) is 5.91 Å². The maximum Gasteiger partial charge on any atom is 0.437 e. The van der Waals surface area contributed by atoms with Gasteiger partial charge in [-0.1, -0.05) is 6.92 Å². The van der Waals surface area contributed by atoms with Crippen LogP contribution in [0.1, 0.15) is 53.3 Å². The number of thiazole rings is 1. The summed E-state index contributed by atoms with van der Waals surface area (Å²) in [6.45, 7) is 4.09. The Labute approximate surface area is 147 Å². The summed E-state index contributed by atoms with van der Waals surface area (Å²) in [4.78, 5) is 18.0. The number of anilines is 1. The van der Waals surface area contributed by atoms with E-state index in [1.165, 1.54) is 18.3 Å². The minimum absolute atomic E-state index is 0.0237. The largest absolute Gasteiger partial charge is 0.437 e. The van der Waals surface area contributed by atoms with E-state index in [4.69, 9.17) is 0 Å². The number of carbonyl (C=O) groups excluding carboxylic acids is 1. The Morgan fingerprint density at radius 1 is 1.44 bits per heavy atom. The molecule has 1 aliphatic rings. The molecule has 136 valence electrons. The minimum Gasteiger partial charge on any atom is -0.368 e. The first-order chi connectivity index (χ1) is 11.8. The Balaban J connectivity index is 2.00. The summed E-state index contributed by atoms with van der Waals surface area (Å²) >= 11 is 1.52. The predicted octanol–water partition coefficient (Wildman–Crippen LogP) is 4.10. The fraction of sp³-hybridized carbons (Fsp3) is 0.562. The van der Waals surface area contributed by atoms with Crippen LogP contribution in [0.4, 0.5) is 18.9 Å². The Bertz CT molecular complexity index is 754. The van der Waals surface area contributed by atoms with Gasteiger partial charge < -0.3 is 4.90 Å². The smallest absolute Gasteiger partial charge is 0.368 e. The molecule has 2 aromatic heterocycles. The lowest BCUT2D eigenvalue weighted by molar-refractivity contribution is -0.140. The summed E-state index contributed by atoms with van der Waals surface area (Å²) < 4.78 is 41.4. The molecule has 9 heteroatoms. The molecule has 0 bridgehead atoms. The van der Waals surface area contributed by atoms with Gasteiger partial charge in [0, 0.05) is 37.0 Å². The molecule has 0 spiro atoms. The summed E-state index contributed by atoms with van der Waals surface area (Å²) in [6, 6.07) is 0. The third-order valence-electron chi connectivity index (χ3n) is 4.43. The van der Waals surface area contributed by atoms with E-state index < -0.39 is 17.8 Å². The van der Waals surface area contributed by atoms with Crippen LogP contribution in [0.3, 0.4) is 0 Å². The fourth-order valence-corrected chi connectivity index (χ4v) is 4.04. The number of piperidine rings is 1. The maximum absolute atomic E-state index is 13.5. The van der Waals surface area contributed by atoms with Crippen LogP contribution in [-0.4, -0.2) is 33.8 Å². The minimum atomic E-state index is -4.60. The molecule has 2 aromatic rings. The van der Waals surface area contributed by atoms with Crippen molar-refractivity contribution in [3.05, 3.63) is 28.0 Å². The van der Waals surface area contributed by atoms with Crippen LogP contribution in [0.15, 0.2) is 11.6 Å². The van der Waals surface area contributed by atoms with Crippen molar-refractivity contribution in [1.82, 2.24) is 14.8 Å². The molecule has 0 aliphatic carbocycles. The van der Waals surface area contributed by atoms with Gasteiger partial charge in [-0.2, -0.15) is 18.3 Å². The summed E-state index contributed by atoms with van der Waals surface area (Å²) in [5.74, 6) is -0.345. The van der Waals surface area contributed by atoms with Crippen LogP contribution in [0.2, 0.25) is 0 Å². The van der Waals surface area contributed by atoms with E-state index in [0.29, 0.717) is 13.1 Å². The van der Waals surface area contributed by atoms with Crippen LogP contribution >= 0.6 is 11.3 Å². The molecule has 1 saturated heterocycles. The molecule has 0 radical (unpaired) electrons. The van der Waals surface area contributed by atoms with E-state index >= 15 is 0 Å². The number of alkyl halides is 3. The third-order valence-corrected chi connectivity index (χ3v) is 5.37. The Hall–Kier alpha value is -1.90. The lowest BCUT2D eigenvalue weighted by atomic mass is 9.98. The van der Waals surface area contributed by atoms with Gasteiger partial charge in [0.1, 0.15) is 0 Å². The number of halogens is 3. The zero-order valence-corrected chi connectivity index (χ0v) is 14.8. The zero-order chi connectivity index (χ0) is 18.2. The highest BCUT2D eigenvalue weighted by molar-refractivity contribution is 7.09. The predicted molar refractivity (Wildman–Crippen MR) is 89.2 cm³/mol. The zero-order valence-electron chi connectivity index (χ0n) is 14.0. The lowest BCUT2D eigenvalue weighted by Crippen LogP contribution is -2.35. The lowest BCUT2D eigenvalue weighted by Gasteiger charge is -2.34. The Morgan fingerprint density at radius 2 is 2.20 bits per heavy atom. The van der Waals surface area contributed by atoms with Gasteiger partial charge in [0.15, 0.2) is 5.69 Å². The first-order valence-electron chi connectivity index (χ1n) is 8.17. The molecule has 3 heterocycles. The van der Waals surface area contributed by atoms with Crippen molar-refractivity contribution in [1.29, 1.82) is 0 Å². The number of nitrogens with zero attached hydrogens (tertiary/aromatic N) is 4. The van der Waals surface area contributed by atoms with E-state index in [2.05, 4.69) is 10.1 Å². The van der Waals surface area contributed by atoms with E-state index in [1.54, 1.807) is 18.0 Å². The highest BCUT2D eigenvalue weighted by atomic mass is 32.1. The quantitative estimate of drug-likeness (QED) is 0.814. The molecule has 0 aromatic carbocycles. The average molecular weight is 372 g/mol. The number of rotatable bonds is 3. The normalized spacial score (nSPS) is 18.6. The van der Waals surface area contributed by atoms with Gasteiger partial charge >= 0.3 is 6.18 Å². The highest BCUT2D eigenvalue weighted by Crippen LogP contribution is 2.40. The van der Waals surface area contributed by atoms with Gasteiger partial charge in [-0.05, 0) is 19.8 Å². The molecule has 1 aliphatic heterocycles. The molecule has 0 N–H and O–H groups in total. The monoisotopic (exact) mass is 372 g/mol. The number of hydrogen-bond donors (Lipinski definition) is 0. The van der Waals surface area contributed by atoms with Crippen molar-refractivity contribution >= 4 is 22.9 Å². The van der Waals surface area contributed by atoms with Crippen molar-refractivity contribution < 1.29 is 18.0 Å². The second-order valence-corrected chi connectivity index (χ2v) is 7.02. The van der Waals surface area contributed by atoms with Crippen molar-refractivity contribution in [3.63, 3.8) is 0 Å². The fourth-order valence-electron chi connectivity index (χ4n) is 3.27. The molecule has 1 unspecified atom stereocenters. The number of carbonyl (C=O) groups is 1. The van der Waals surface area contributed by atoms with Crippen LogP contribution in [0.5, 0.6) is 0 Å². The van der Waals surface area contributed by atoms with E-state index in [9.17, 15) is 18.0 Å². The maximum atomic E-state index is 13.5. The first-order valence-corrected chi connectivity index (χ1v) is 9.05. The van der Waals surface area contributed by atoms with Crippen LogP contribution in [-0.2, 0) is 6.18 Å². The van der Waals surface area contributed by atoms with E-state index in [0.717, 1.165) is 22.5 Å². The van der Waals surface area contributed by atoms with E-state index in [1.807, 2.05) is 5.38 Å². The first kappa shape index (κ1) is 17.9. The summed E-state index contributed by atoms with van der Waals surface area (Å²) in [6.07, 6.45) is -1.13. The van der Waals surface area contributed by atoms with Gasteiger partial charge in [0.05, 0.1) is 16.4 Å². The second kappa shape index (κ2) is 6.78. The van der Waals surface area contributed by atoms with Crippen molar-refractivity contribution in [2.24, 2.45) is 0 Å². The van der Waals surface area contributed by atoms with Crippen molar-refractivity contribution in [2.45, 2.75) is 45.2 Å². The van der Waals surface area contributed by atoms with Crippen molar-refractivity contribution in [3.8, 4) is 0 Å². The Kier molecular flexibility index (Phi) is 4.86. The molecule has 1 atom stereocenters. The summed E-state index contributed by atoms with van der Waals surface area (Å²) in [7, 11) is 0. The molecule has 0 saturated carbocycles. The molecular weight excluding hydrogens is 353 g/mol. The van der Waals surface area contributed by atoms with Crippen LogP contribution in [0.25, 0.3) is 0 Å². The molecule has 5 nitrogen and oxygen atoms in total.